The summed E-state index contributed by atoms with van der Waals surface area (Å²) in [5.41, 5.74) is 1.67. The Kier molecular flexibility index (Phi) is 4.98. The molecular formula is C18H20FN3O. The van der Waals surface area contributed by atoms with Gasteiger partial charge in [-0.15, -0.1) is 0 Å². The van der Waals surface area contributed by atoms with Crippen LogP contribution in [0.1, 0.15) is 28.8 Å². The summed E-state index contributed by atoms with van der Waals surface area (Å²) in [6, 6.07) is 10.3. The molecule has 2 aromatic rings. The molecule has 0 aliphatic carbocycles. The van der Waals surface area contributed by atoms with Crippen LogP contribution < -0.4 is 5.32 Å². The Morgan fingerprint density at radius 1 is 1.30 bits per heavy atom. The van der Waals surface area contributed by atoms with Gasteiger partial charge in [-0.1, -0.05) is 12.1 Å². The minimum atomic E-state index is -0.214. The van der Waals surface area contributed by atoms with E-state index >= 15 is 0 Å². The summed E-state index contributed by atoms with van der Waals surface area (Å²) in [4.78, 5) is 18.5. The van der Waals surface area contributed by atoms with Crippen molar-refractivity contribution in [3.8, 4) is 0 Å². The second-order valence-electron chi connectivity index (χ2n) is 5.92. The van der Waals surface area contributed by atoms with Gasteiger partial charge in [0.2, 0.25) is 0 Å². The van der Waals surface area contributed by atoms with Crippen molar-refractivity contribution in [2.24, 2.45) is 0 Å². The number of nitrogens with zero attached hydrogens (tertiary/aromatic N) is 2. The lowest BCUT2D eigenvalue weighted by atomic mass is 10.0. The Balaban J connectivity index is 1.55. The third-order valence-electron chi connectivity index (χ3n) is 4.08. The highest BCUT2D eigenvalue weighted by Gasteiger charge is 2.21. The molecule has 2 heterocycles. The lowest BCUT2D eigenvalue weighted by molar-refractivity contribution is 0.0900. The maximum atomic E-state index is 13.0. The number of carbonyl (C=O) groups excluding carboxylic acids is 1. The summed E-state index contributed by atoms with van der Waals surface area (Å²) < 4.78 is 13.0. The van der Waals surface area contributed by atoms with E-state index in [9.17, 15) is 9.18 Å². The molecule has 1 amide bonds. The molecule has 1 saturated heterocycles. The number of pyridine rings is 1. The number of amides is 1. The summed E-state index contributed by atoms with van der Waals surface area (Å²) in [6.45, 7) is 2.58. The molecule has 4 nitrogen and oxygen atoms in total. The molecule has 0 radical (unpaired) electrons. The third-order valence-corrected chi connectivity index (χ3v) is 4.08. The topological polar surface area (TPSA) is 45.2 Å². The van der Waals surface area contributed by atoms with Gasteiger partial charge in [-0.25, -0.2) is 4.39 Å². The van der Waals surface area contributed by atoms with Crippen molar-refractivity contribution in [3.63, 3.8) is 0 Å². The quantitative estimate of drug-likeness (QED) is 0.944. The first kappa shape index (κ1) is 15.6. The lowest BCUT2D eigenvalue weighted by Gasteiger charge is -2.33. The number of benzene rings is 1. The molecular weight excluding hydrogens is 293 g/mol. The zero-order chi connectivity index (χ0) is 16.1. The fourth-order valence-electron chi connectivity index (χ4n) is 2.93. The van der Waals surface area contributed by atoms with Gasteiger partial charge < -0.3 is 5.32 Å². The second kappa shape index (κ2) is 7.33. The molecule has 1 unspecified atom stereocenters. The van der Waals surface area contributed by atoms with Crippen molar-refractivity contribution in [2.75, 3.05) is 13.1 Å². The van der Waals surface area contributed by atoms with Gasteiger partial charge in [-0.3, -0.25) is 14.7 Å². The minimum Gasteiger partial charge on any atom is -0.348 e. The van der Waals surface area contributed by atoms with Crippen LogP contribution in [-0.2, 0) is 6.54 Å². The first-order chi connectivity index (χ1) is 11.2. The van der Waals surface area contributed by atoms with Gasteiger partial charge in [0, 0.05) is 31.5 Å². The number of hydrogen-bond donors (Lipinski definition) is 1. The van der Waals surface area contributed by atoms with Crippen LogP contribution in [-0.4, -0.2) is 34.9 Å². The van der Waals surface area contributed by atoms with Crippen LogP contribution in [0.2, 0.25) is 0 Å². The molecule has 0 bridgehead atoms. The number of likely N-dealkylation sites (tertiary alicyclic amines) is 1. The molecule has 1 aliphatic heterocycles. The van der Waals surface area contributed by atoms with E-state index in [0.29, 0.717) is 5.56 Å². The summed E-state index contributed by atoms with van der Waals surface area (Å²) >= 11 is 0. The van der Waals surface area contributed by atoms with Crippen molar-refractivity contribution in [1.82, 2.24) is 15.2 Å². The number of aromatic nitrogens is 1. The zero-order valence-corrected chi connectivity index (χ0v) is 12.9. The number of rotatable bonds is 4. The summed E-state index contributed by atoms with van der Waals surface area (Å²) in [5, 5.41) is 3.08. The van der Waals surface area contributed by atoms with Crippen LogP contribution in [0.5, 0.6) is 0 Å². The van der Waals surface area contributed by atoms with Gasteiger partial charge in [-0.05, 0) is 49.2 Å². The van der Waals surface area contributed by atoms with E-state index in [1.165, 1.54) is 12.1 Å². The van der Waals surface area contributed by atoms with Gasteiger partial charge in [0.15, 0.2) is 0 Å². The Bertz CT molecular complexity index is 645. The van der Waals surface area contributed by atoms with E-state index in [4.69, 9.17) is 0 Å². The molecule has 1 atom stereocenters. The predicted molar refractivity (Wildman–Crippen MR) is 86.4 cm³/mol. The number of hydrogen-bond acceptors (Lipinski definition) is 3. The largest absolute Gasteiger partial charge is 0.348 e. The van der Waals surface area contributed by atoms with Gasteiger partial charge in [-0.2, -0.15) is 0 Å². The van der Waals surface area contributed by atoms with Crippen LogP contribution in [0.25, 0.3) is 0 Å². The first-order valence-corrected chi connectivity index (χ1v) is 7.88. The number of carbonyl (C=O) groups is 1. The van der Waals surface area contributed by atoms with Crippen molar-refractivity contribution >= 4 is 5.91 Å². The monoisotopic (exact) mass is 313 g/mol. The fraction of sp³-hybridized carbons (Fsp3) is 0.333. The van der Waals surface area contributed by atoms with Gasteiger partial charge in [0.05, 0.1) is 5.56 Å². The van der Waals surface area contributed by atoms with Gasteiger partial charge in [0.1, 0.15) is 5.82 Å². The van der Waals surface area contributed by atoms with Crippen molar-refractivity contribution in [3.05, 3.63) is 65.7 Å². The smallest absolute Gasteiger partial charge is 0.253 e. The second-order valence-corrected chi connectivity index (χ2v) is 5.92. The van der Waals surface area contributed by atoms with Crippen molar-refractivity contribution < 1.29 is 9.18 Å². The van der Waals surface area contributed by atoms with E-state index in [1.807, 2.05) is 12.1 Å². The summed E-state index contributed by atoms with van der Waals surface area (Å²) in [7, 11) is 0. The van der Waals surface area contributed by atoms with E-state index in [-0.39, 0.29) is 17.8 Å². The maximum absolute atomic E-state index is 13.0. The highest BCUT2D eigenvalue weighted by Crippen LogP contribution is 2.14. The number of nitrogens with one attached hydrogen (secondary N) is 1. The maximum Gasteiger partial charge on any atom is 0.253 e. The fourth-order valence-corrected chi connectivity index (χ4v) is 2.93. The van der Waals surface area contributed by atoms with E-state index in [0.717, 1.165) is 38.0 Å². The highest BCUT2D eigenvalue weighted by atomic mass is 19.1. The molecule has 5 heteroatoms. The molecule has 1 aliphatic rings. The first-order valence-electron chi connectivity index (χ1n) is 7.88. The Hall–Kier alpha value is -2.27. The Morgan fingerprint density at radius 3 is 2.87 bits per heavy atom. The molecule has 23 heavy (non-hydrogen) atoms. The normalized spacial score (nSPS) is 18.6. The van der Waals surface area contributed by atoms with Gasteiger partial charge >= 0.3 is 0 Å². The van der Waals surface area contributed by atoms with Crippen LogP contribution in [0, 0.1) is 5.82 Å². The van der Waals surface area contributed by atoms with Crippen LogP contribution in [0.4, 0.5) is 4.39 Å². The summed E-state index contributed by atoms with van der Waals surface area (Å²) in [5.74, 6) is -0.291. The Labute approximate surface area is 135 Å². The van der Waals surface area contributed by atoms with Crippen molar-refractivity contribution in [2.45, 2.75) is 25.4 Å². The zero-order valence-electron chi connectivity index (χ0n) is 12.9. The SMILES string of the molecule is O=C(NC1CCCN(Cc2ccc(F)cc2)C1)c1cccnc1. The number of halogens is 1. The third kappa shape index (κ3) is 4.36. The lowest BCUT2D eigenvalue weighted by Crippen LogP contribution is -2.47. The molecule has 1 aromatic carbocycles. The molecule has 0 saturated carbocycles. The predicted octanol–water partition coefficient (Wildman–Crippen LogP) is 2.62. The summed E-state index contributed by atoms with van der Waals surface area (Å²) in [6.07, 6.45) is 5.25. The van der Waals surface area contributed by atoms with Crippen LogP contribution in [0.3, 0.4) is 0 Å². The molecule has 1 aromatic heterocycles. The standard InChI is InChI=1S/C18H20FN3O/c19-16-7-5-14(6-8-16)12-22-10-2-4-17(13-22)21-18(23)15-3-1-9-20-11-15/h1,3,5-9,11,17H,2,4,10,12-13H2,(H,21,23). The average molecular weight is 313 g/mol. The van der Waals surface area contributed by atoms with Crippen LogP contribution in [0.15, 0.2) is 48.8 Å². The van der Waals surface area contributed by atoms with E-state index in [1.54, 1.807) is 24.5 Å². The minimum absolute atomic E-state index is 0.0771. The molecule has 0 spiro atoms. The molecule has 1 N–H and O–H groups in total. The average Bonchev–Trinajstić information content (AvgIpc) is 2.58. The van der Waals surface area contributed by atoms with E-state index < -0.39 is 0 Å². The van der Waals surface area contributed by atoms with Crippen LogP contribution >= 0.6 is 0 Å². The highest BCUT2D eigenvalue weighted by molar-refractivity contribution is 5.94. The molecule has 3 rings (SSSR count). The number of piperidine rings is 1. The van der Waals surface area contributed by atoms with Crippen molar-refractivity contribution in [1.29, 1.82) is 0 Å². The molecule has 120 valence electrons. The van der Waals surface area contributed by atoms with Gasteiger partial charge in [0.25, 0.3) is 5.91 Å². The van der Waals surface area contributed by atoms with E-state index in [2.05, 4.69) is 15.2 Å². The molecule has 1 fully saturated rings. The Morgan fingerprint density at radius 2 is 2.13 bits per heavy atom.